The number of carbonyl (C=O) groups excluding carboxylic acids is 2. The lowest BCUT2D eigenvalue weighted by atomic mass is 10.2. The Morgan fingerprint density at radius 1 is 1.43 bits per heavy atom. The van der Waals surface area contributed by atoms with E-state index in [2.05, 4.69) is 20.7 Å². The Kier molecular flexibility index (Phi) is 6.93. The van der Waals surface area contributed by atoms with Crippen LogP contribution in [0.5, 0.6) is 0 Å². The van der Waals surface area contributed by atoms with Gasteiger partial charge in [0.15, 0.2) is 5.01 Å². The highest BCUT2D eigenvalue weighted by molar-refractivity contribution is 7.14. The summed E-state index contributed by atoms with van der Waals surface area (Å²) in [6, 6.07) is 4.48. The SMILES string of the molecule is CO/N=C(/C)CCc1nnc(-c2ccc(N3C[C@H](CNC(C)=O)OC3=O)cc2F)s1. The second kappa shape index (κ2) is 9.61. The summed E-state index contributed by atoms with van der Waals surface area (Å²) in [6.07, 6.45) is 0.232. The number of oxime groups is 1. The van der Waals surface area contributed by atoms with Crippen molar-refractivity contribution in [1.82, 2.24) is 15.5 Å². The van der Waals surface area contributed by atoms with E-state index in [0.29, 0.717) is 29.1 Å². The Morgan fingerprint density at radius 3 is 2.93 bits per heavy atom. The maximum Gasteiger partial charge on any atom is 0.414 e. The molecule has 0 saturated carbocycles. The van der Waals surface area contributed by atoms with Crippen molar-refractivity contribution in [3.8, 4) is 10.6 Å². The van der Waals surface area contributed by atoms with Crippen molar-refractivity contribution in [3.63, 3.8) is 0 Å². The second-order valence-electron chi connectivity index (χ2n) is 6.73. The first-order valence-corrected chi connectivity index (χ1v) is 10.1. The molecule has 9 nitrogen and oxygen atoms in total. The number of nitrogens with zero attached hydrogens (tertiary/aromatic N) is 4. The largest absolute Gasteiger partial charge is 0.442 e. The number of hydrogen-bond donors (Lipinski definition) is 1. The number of amides is 2. The van der Waals surface area contributed by atoms with Gasteiger partial charge in [0.05, 0.1) is 24.5 Å². The van der Waals surface area contributed by atoms with Crippen molar-refractivity contribution in [2.24, 2.45) is 5.16 Å². The number of nitrogens with one attached hydrogen (secondary N) is 1. The molecule has 2 aromatic rings. The van der Waals surface area contributed by atoms with Crippen molar-refractivity contribution < 1.29 is 23.6 Å². The lowest BCUT2D eigenvalue weighted by Crippen LogP contribution is -2.33. The van der Waals surface area contributed by atoms with Gasteiger partial charge in [-0.15, -0.1) is 10.2 Å². The van der Waals surface area contributed by atoms with Crippen molar-refractivity contribution in [2.75, 3.05) is 25.1 Å². The molecule has 1 aliphatic heterocycles. The molecular formula is C19H22FN5O4S. The second-order valence-corrected chi connectivity index (χ2v) is 7.79. The predicted molar refractivity (Wildman–Crippen MR) is 110 cm³/mol. The molecule has 3 rings (SSSR count). The number of ether oxygens (including phenoxy) is 1. The molecule has 0 spiro atoms. The first kappa shape index (κ1) is 21.6. The van der Waals surface area contributed by atoms with Crippen LogP contribution in [0.3, 0.4) is 0 Å². The molecule has 0 unspecified atom stereocenters. The molecule has 0 aliphatic carbocycles. The number of anilines is 1. The molecular weight excluding hydrogens is 413 g/mol. The molecule has 1 fully saturated rings. The number of hydrogen-bond acceptors (Lipinski definition) is 8. The summed E-state index contributed by atoms with van der Waals surface area (Å²) >= 11 is 1.31. The number of benzene rings is 1. The zero-order chi connectivity index (χ0) is 21.7. The fourth-order valence-corrected chi connectivity index (χ4v) is 3.76. The summed E-state index contributed by atoms with van der Waals surface area (Å²) in [7, 11) is 1.49. The van der Waals surface area contributed by atoms with E-state index in [1.807, 2.05) is 6.92 Å². The Hall–Kier alpha value is -3.08. The van der Waals surface area contributed by atoms with Gasteiger partial charge in [0.25, 0.3) is 0 Å². The minimum atomic E-state index is -0.580. The predicted octanol–water partition coefficient (Wildman–Crippen LogP) is 2.76. The maximum atomic E-state index is 14.8. The highest BCUT2D eigenvalue weighted by atomic mass is 32.1. The molecule has 1 atom stereocenters. The number of carbonyl (C=O) groups is 2. The third kappa shape index (κ3) is 5.29. The van der Waals surface area contributed by atoms with Gasteiger partial charge in [0, 0.05) is 18.9 Å². The Morgan fingerprint density at radius 2 is 2.23 bits per heavy atom. The van der Waals surface area contributed by atoms with Crippen molar-refractivity contribution in [1.29, 1.82) is 0 Å². The van der Waals surface area contributed by atoms with Crippen molar-refractivity contribution in [3.05, 3.63) is 29.0 Å². The highest BCUT2D eigenvalue weighted by Gasteiger charge is 2.32. The van der Waals surface area contributed by atoms with Crippen molar-refractivity contribution in [2.45, 2.75) is 32.8 Å². The summed E-state index contributed by atoms with van der Waals surface area (Å²) < 4.78 is 20.0. The van der Waals surface area contributed by atoms with E-state index < -0.39 is 18.0 Å². The van der Waals surface area contributed by atoms with Gasteiger partial charge >= 0.3 is 6.09 Å². The quantitative estimate of drug-likeness (QED) is 0.505. The van der Waals surface area contributed by atoms with Crippen LogP contribution in [0, 0.1) is 5.82 Å². The molecule has 2 amide bonds. The normalized spacial score (nSPS) is 16.5. The van der Waals surface area contributed by atoms with Gasteiger partial charge in [-0.2, -0.15) is 0 Å². The molecule has 160 valence electrons. The average Bonchev–Trinajstić information content (AvgIpc) is 3.31. The van der Waals surface area contributed by atoms with Gasteiger partial charge < -0.3 is 14.9 Å². The van der Waals surface area contributed by atoms with E-state index in [1.165, 1.54) is 36.3 Å². The van der Waals surface area contributed by atoms with Crippen LogP contribution in [0.1, 0.15) is 25.3 Å². The van der Waals surface area contributed by atoms with Crippen molar-refractivity contribution >= 4 is 34.7 Å². The van der Waals surface area contributed by atoms with Crippen LogP contribution in [0.25, 0.3) is 10.6 Å². The summed E-state index contributed by atoms with van der Waals surface area (Å²) in [5.41, 5.74) is 1.52. The molecule has 0 bridgehead atoms. The average molecular weight is 435 g/mol. The summed E-state index contributed by atoms with van der Waals surface area (Å²) in [4.78, 5) is 29.2. The van der Waals surface area contributed by atoms with E-state index in [0.717, 1.165) is 10.7 Å². The van der Waals surface area contributed by atoms with Crippen LogP contribution in [-0.4, -0.2) is 54.2 Å². The summed E-state index contributed by atoms with van der Waals surface area (Å²) in [5, 5.41) is 15.9. The summed E-state index contributed by atoms with van der Waals surface area (Å²) in [5.74, 6) is -0.720. The fourth-order valence-electron chi connectivity index (χ4n) is 2.89. The standard InChI is InChI=1S/C19H22FN5O4S/c1-11(24-28-3)4-7-17-22-23-18(30-17)15-6-5-13(8-16(15)20)25-10-14(29-19(25)27)9-21-12(2)26/h5-6,8,14H,4,7,9-10H2,1-3H3,(H,21,26)/b24-11-/t14-/m0/s1. The number of rotatable bonds is 8. The first-order chi connectivity index (χ1) is 14.4. The van der Waals surface area contributed by atoms with Gasteiger partial charge in [-0.3, -0.25) is 9.69 Å². The van der Waals surface area contributed by atoms with E-state index >= 15 is 0 Å². The van der Waals surface area contributed by atoms with Crippen LogP contribution < -0.4 is 10.2 Å². The molecule has 1 saturated heterocycles. The van der Waals surface area contributed by atoms with E-state index in [1.54, 1.807) is 12.1 Å². The van der Waals surface area contributed by atoms with Gasteiger partial charge in [0.1, 0.15) is 24.0 Å². The van der Waals surface area contributed by atoms with Crippen LogP contribution in [0.2, 0.25) is 0 Å². The molecule has 1 aliphatic rings. The van der Waals surface area contributed by atoms with Crippen LogP contribution in [-0.2, 0) is 20.8 Å². The minimum absolute atomic E-state index is 0.209. The smallest absolute Gasteiger partial charge is 0.414 e. The van der Waals surface area contributed by atoms with Crippen LogP contribution >= 0.6 is 11.3 Å². The third-order valence-corrected chi connectivity index (χ3v) is 5.38. The van der Waals surface area contributed by atoms with Gasteiger partial charge in [-0.1, -0.05) is 16.5 Å². The summed E-state index contributed by atoms with van der Waals surface area (Å²) in [6.45, 7) is 3.67. The van der Waals surface area contributed by atoms with Gasteiger partial charge in [-0.05, 0) is 31.5 Å². The zero-order valence-corrected chi connectivity index (χ0v) is 17.7. The lowest BCUT2D eigenvalue weighted by Gasteiger charge is -2.14. The number of cyclic esters (lactones) is 1. The number of halogens is 1. The Bertz CT molecular complexity index is 964. The Labute approximate surface area is 176 Å². The van der Waals surface area contributed by atoms with E-state index in [9.17, 15) is 14.0 Å². The Balaban J connectivity index is 1.68. The number of aryl methyl sites for hydroxylation is 1. The lowest BCUT2D eigenvalue weighted by molar-refractivity contribution is -0.119. The maximum absolute atomic E-state index is 14.8. The molecule has 0 radical (unpaired) electrons. The zero-order valence-electron chi connectivity index (χ0n) is 16.8. The highest BCUT2D eigenvalue weighted by Crippen LogP contribution is 2.31. The van der Waals surface area contributed by atoms with Gasteiger partial charge in [0.2, 0.25) is 5.91 Å². The minimum Gasteiger partial charge on any atom is -0.442 e. The van der Waals surface area contributed by atoms with Crippen LogP contribution in [0.4, 0.5) is 14.9 Å². The van der Waals surface area contributed by atoms with Gasteiger partial charge in [-0.25, -0.2) is 9.18 Å². The molecule has 1 aromatic heterocycles. The monoisotopic (exact) mass is 435 g/mol. The topological polar surface area (TPSA) is 106 Å². The molecule has 1 N–H and O–H groups in total. The third-order valence-electron chi connectivity index (χ3n) is 4.36. The number of aromatic nitrogens is 2. The molecule has 30 heavy (non-hydrogen) atoms. The van der Waals surface area contributed by atoms with E-state index in [-0.39, 0.29) is 19.0 Å². The molecule has 11 heteroatoms. The molecule has 2 heterocycles. The van der Waals surface area contributed by atoms with Crippen LogP contribution in [0.15, 0.2) is 23.4 Å². The van der Waals surface area contributed by atoms with E-state index in [4.69, 9.17) is 9.57 Å². The molecule has 1 aromatic carbocycles. The first-order valence-electron chi connectivity index (χ1n) is 9.29. The fraction of sp³-hybridized carbons (Fsp3) is 0.421.